The summed E-state index contributed by atoms with van der Waals surface area (Å²) in [6, 6.07) is 2.84. The number of hydrogen-bond donors (Lipinski definition) is 4. The van der Waals surface area contributed by atoms with Crippen molar-refractivity contribution in [3.05, 3.63) is 71.8 Å². The maximum absolute atomic E-state index is 15.0. The lowest BCUT2D eigenvalue weighted by Crippen LogP contribution is -2.47. The Morgan fingerprint density at radius 1 is 1.11 bits per heavy atom. The van der Waals surface area contributed by atoms with Crippen LogP contribution in [0.15, 0.2) is 47.4 Å². The largest absolute Gasteiger partial charge is 0.479 e. The Kier molecular flexibility index (Phi) is 6.95. The molecule has 0 aliphatic heterocycles. The van der Waals surface area contributed by atoms with Gasteiger partial charge in [0.2, 0.25) is 5.76 Å². The maximum Gasteiger partial charge on any atom is 0.334 e. The van der Waals surface area contributed by atoms with Gasteiger partial charge in [0.05, 0.1) is 37.3 Å². The fourth-order valence-corrected chi connectivity index (χ4v) is 3.35. The normalized spacial score (nSPS) is 11.6. The van der Waals surface area contributed by atoms with E-state index in [1.165, 1.54) is 32.4 Å². The number of pyridine rings is 1. The minimum Gasteiger partial charge on any atom is -0.479 e. The molecule has 0 fully saturated rings. The SMILES string of the molecule is COc1cc(C(=O)NNC(=O)NC(C)c2ncc(-c3cc(N)cc(F)c3-n3cc(F)cn3)cc2F)on1. The summed E-state index contributed by atoms with van der Waals surface area (Å²) in [6.07, 6.45) is 3.09. The summed E-state index contributed by atoms with van der Waals surface area (Å²) < 4.78 is 53.7. The van der Waals surface area contributed by atoms with Crippen molar-refractivity contribution in [3.63, 3.8) is 0 Å². The van der Waals surface area contributed by atoms with Crippen LogP contribution < -0.4 is 26.6 Å². The molecule has 1 atom stereocenters. The molecule has 0 radical (unpaired) electrons. The molecule has 1 aromatic carbocycles. The molecule has 12 nitrogen and oxygen atoms in total. The van der Waals surface area contributed by atoms with Crippen LogP contribution in [0, 0.1) is 17.5 Å². The number of aromatic nitrogens is 4. The number of anilines is 1. The van der Waals surface area contributed by atoms with Gasteiger partial charge in [-0.25, -0.2) is 28.1 Å². The van der Waals surface area contributed by atoms with E-state index in [2.05, 4.69) is 31.4 Å². The van der Waals surface area contributed by atoms with Crippen LogP contribution in [0.4, 0.5) is 23.7 Å². The predicted molar refractivity (Wildman–Crippen MR) is 122 cm³/mol. The number of carbonyl (C=O) groups is 2. The Morgan fingerprint density at radius 2 is 1.89 bits per heavy atom. The second-order valence-electron chi connectivity index (χ2n) is 7.60. The van der Waals surface area contributed by atoms with Gasteiger partial charge in [0, 0.05) is 23.0 Å². The number of nitrogen functional groups attached to an aromatic ring is 1. The van der Waals surface area contributed by atoms with Gasteiger partial charge in [0.25, 0.3) is 5.88 Å². The zero-order chi connectivity index (χ0) is 26.7. The number of methoxy groups -OCH3 is 1. The summed E-state index contributed by atoms with van der Waals surface area (Å²) in [7, 11) is 1.33. The first-order valence-electron chi connectivity index (χ1n) is 10.5. The number of ether oxygens (including phenoxy) is 1. The van der Waals surface area contributed by atoms with Crippen LogP contribution in [-0.4, -0.2) is 39.0 Å². The smallest absolute Gasteiger partial charge is 0.334 e. The Balaban J connectivity index is 1.48. The first-order valence-corrected chi connectivity index (χ1v) is 10.5. The third kappa shape index (κ3) is 5.44. The van der Waals surface area contributed by atoms with E-state index in [0.29, 0.717) is 0 Å². The van der Waals surface area contributed by atoms with Crippen LogP contribution in [0.25, 0.3) is 16.8 Å². The van der Waals surface area contributed by atoms with Crippen molar-refractivity contribution < 1.29 is 32.0 Å². The first-order chi connectivity index (χ1) is 17.7. The predicted octanol–water partition coefficient (Wildman–Crippen LogP) is 2.64. The quantitative estimate of drug-likeness (QED) is 0.225. The van der Waals surface area contributed by atoms with E-state index in [0.717, 1.165) is 29.2 Å². The molecular weight excluding hydrogens is 497 g/mol. The van der Waals surface area contributed by atoms with Crippen molar-refractivity contribution in [1.29, 1.82) is 0 Å². The molecule has 37 heavy (non-hydrogen) atoms. The van der Waals surface area contributed by atoms with Crippen molar-refractivity contribution >= 4 is 17.6 Å². The molecule has 5 N–H and O–H groups in total. The first kappa shape index (κ1) is 25.0. The molecule has 0 saturated heterocycles. The summed E-state index contributed by atoms with van der Waals surface area (Å²) in [5.41, 5.74) is 9.91. The Labute approximate surface area is 206 Å². The lowest BCUT2D eigenvalue weighted by molar-refractivity contribution is 0.0898. The van der Waals surface area contributed by atoms with Crippen LogP contribution in [-0.2, 0) is 0 Å². The number of hydrazine groups is 1. The van der Waals surface area contributed by atoms with Crippen molar-refractivity contribution in [1.82, 2.24) is 36.1 Å². The highest BCUT2D eigenvalue weighted by atomic mass is 19.1. The molecule has 0 bridgehead atoms. The number of rotatable bonds is 6. The minimum atomic E-state index is -0.950. The Bertz CT molecular complexity index is 1470. The van der Waals surface area contributed by atoms with Gasteiger partial charge in [-0.2, -0.15) is 5.10 Å². The fourth-order valence-electron chi connectivity index (χ4n) is 3.35. The Hall–Kier alpha value is -5.08. The topological polar surface area (TPSA) is 162 Å². The van der Waals surface area contributed by atoms with Crippen molar-refractivity contribution in [2.45, 2.75) is 13.0 Å². The maximum atomic E-state index is 15.0. The van der Waals surface area contributed by atoms with Crippen LogP contribution in [0.5, 0.6) is 5.88 Å². The molecule has 1 unspecified atom stereocenters. The zero-order valence-corrected chi connectivity index (χ0v) is 19.3. The van der Waals surface area contributed by atoms with Crippen LogP contribution in [0.1, 0.15) is 29.2 Å². The van der Waals surface area contributed by atoms with Gasteiger partial charge >= 0.3 is 11.9 Å². The number of nitrogens with two attached hydrogens (primary N) is 1. The molecule has 15 heteroatoms. The molecule has 0 saturated carbocycles. The van der Waals surface area contributed by atoms with Crippen molar-refractivity contribution in [2.24, 2.45) is 0 Å². The van der Waals surface area contributed by atoms with Crippen LogP contribution in [0.2, 0.25) is 0 Å². The average molecular weight is 516 g/mol. The van der Waals surface area contributed by atoms with E-state index in [9.17, 15) is 18.4 Å². The highest BCUT2D eigenvalue weighted by Gasteiger charge is 2.21. The van der Waals surface area contributed by atoms with E-state index >= 15 is 4.39 Å². The molecule has 3 heterocycles. The van der Waals surface area contributed by atoms with E-state index in [4.69, 9.17) is 15.0 Å². The number of nitrogens with zero attached hydrogens (tertiary/aromatic N) is 4. The van der Waals surface area contributed by atoms with Crippen LogP contribution >= 0.6 is 0 Å². The molecule has 4 aromatic rings. The molecule has 0 aliphatic rings. The van der Waals surface area contributed by atoms with Gasteiger partial charge in [0.1, 0.15) is 11.5 Å². The zero-order valence-electron chi connectivity index (χ0n) is 19.3. The molecule has 0 spiro atoms. The van der Waals surface area contributed by atoms with Gasteiger partial charge in [-0.15, -0.1) is 0 Å². The molecule has 3 amide bonds. The number of amides is 3. The number of halogens is 3. The second-order valence-corrected chi connectivity index (χ2v) is 7.60. The van der Waals surface area contributed by atoms with E-state index in [-0.39, 0.29) is 39.8 Å². The number of benzene rings is 1. The van der Waals surface area contributed by atoms with Gasteiger partial charge < -0.3 is 20.3 Å². The number of nitrogens with one attached hydrogen (secondary N) is 3. The van der Waals surface area contributed by atoms with Gasteiger partial charge in [0.15, 0.2) is 11.6 Å². The summed E-state index contributed by atoms with van der Waals surface area (Å²) in [5.74, 6) is -3.29. The average Bonchev–Trinajstić information content (AvgIpc) is 3.51. The van der Waals surface area contributed by atoms with Crippen LogP contribution in [0.3, 0.4) is 0 Å². The summed E-state index contributed by atoms with van der Waals surface area (Å²) in [5, 5.41) is 9.63. The lowest BCUT2D eigenvalue weighted by atomic mass is 10.0. The van der Waals surface area contributed by atoms with Gasteiger partial charge in [-0.05, 0) is 30.3 Å². The monoisotopic (exact) mass is 516 g/mol. The van der Waals surface area contributed by atoms with E-state index in [1.54, 1.807) is 0 Å². The van der Waals surface area contributed by atoms with E-state index in [1.807, 2.05) is 0 Å². The molecule has 4 rings (SSSR count). The van der Waals surface area contributed by atoms with Crippen molar-refractivity contribution in [3.8, 4) is 22.7 Å². The Morgan fingerprint density at radius 3 is 2.54 bits per heavy atom. The lowest BCUT2D eigenvalue weighted by Gasteiger charge is -2.16. The molecule has 192 valence electrons. The highest BCUT2D eigenvalue weighted by molar-refractivity contribution is 5.92. The minimum absolute atomic E-state index is 0.0471. The van der Waals surface area contributed by atoms with E-state index < -0.39 is 35.4 Å². The van der Waals surface area contributed by atoms with Crippen molar-refractivity contribution in [2.75, 3.05) is 12.8 Å². The highest BCUT2D eigenvalue weighted by Crippen LogP contribution is 2.32. The number of urea groups is 1. The summed E-state index contributed by atoms with van der Waals surface area (Å²) in [4.78, 5) is 28.2. The second kappa shape index (κ2) is 10.3. The summed E-state index contributed by atoms with van der Waals surface area (Å²) in [6.45, 7) is 1.45. The van der Waals surface area contributed by atoms with Gasteiger partial charge in [-0.1, -0.05) is 0 Å². The molecule has 0 aliphatic carbocycles. The fraction of sp³-hybridized carbons (Fsp3) is 0.136. The van der Waals surface area contributed by atoms with Gasteiger partial charge in [-0.3, -0.25) is 15.2 Å². The third-order valence-corrected chi connectivity index (χ3v) is 5.02. The number of carbonyl (C=O) groups excluding carboxylic acids is 2. The number of hydrogen-bond acceptors (Lipinski definition) is 8. The standard InChI is InChI=1S/C22H19F3N8O4/c1-10(29-22(35)31-30-21(34)17-6-18(36-2)32-37-17)19-15(24)3-11(7-27-19)14-4-13(26)5-16(25)20(14)33-9-12(23)8-28-33/h3-10H,26H2,1-2H3,(H,30,34)(H2,29,31,35). The third-order valence-electron chi connectivity index (χ3n) is 5.02. The molecule has 3 aromatic heterocycles. The molecular formula is C22H19F3N8O4. The summed E-state index contributed by atoms with van der Waals surface area (Å²) >= 11 is 0.